The van der Waals surface area contributed by atoms with Crippen LogP contribution in [0.4, 0.5) is 0 Å². The number of carbonyl (C=O) groups is 1. The van der Waals surface area contributed by atoms with Crippen LogP contribution < -0.4 is 20.9 Å². The van der Waals surface area contributed by atoms with Crippen molar-refractivity contribution in [3.8, 4) is 11.5 Å². The number of hydrogen-bond acceptors (Lipinski definition) is 4. The lowest BCUT2D eigenvalue weighted by Crippen LogP contribution is -2.33. The van der Waals surface area contributed by atoms with Crippen LogP contribution in [0.2, 0.25) is 0 Å². The molecule has 4 N–H and O–H groups in total. The summed E-state index contributed by atoms with van der Waals surface area (Å²) in [7, 11) is 1.54. The molecule has 1 aromatic carbocycles. The number of hydrogen-bond donors (Lipinski definition) is 2. The highest BCUT2D eigenvalue weighted by molar-refractivity contribution is 5.79. The van der Waals surface area contributed by atoms with E-state index in [9.17, 15) is 4.79 Å². The van der Waals surface area contributed by atoms with E-state index in [-0.39, 0.29) is 6.04 Å². The molecule has 0 aromatic heterocycles. The van der Waals surface area contributed by atoms with E-state index in [2.05, 4.69) is 0 Å². The van der Waals surface area contributed by atoms with Gasteiger partial charge in [-0.2, -0.15) is 0 Å². The summed E-state index contributed by atoms with van der Waals surface area (Å²) in [6.45, 7) is 3.71. The van der Waals surface area contributed by atoms with E-state index in [0.717, 1.165) is 5.56 Å². The summed E-state index contributed by atoms with van der Waals surface area (Å²) in [5, 5.41) is 0. The van der Waals surface area contributed by atoms with Crippen molar-refractivity contribution in [3.63, 3.8) is 0 Å². The number of ether oxygens (including phenoxy) is 2. The van der Waals surface area contributed by atoms with Crippen LogP contribution in [-0.4, -0.2) is 19.1 Å². The Morgan fingerprint density at radius 1 is 1.39 bits per heavy atom. The van der Waals surface area contributed by atoms with Gasteiger partial charge in [0.15, 0.2) is 17.6 Å². The number of rotatable bonds is 6. The van der Waals surface area contributed by atoms with Crippen LogP contribution in [0.1, 0.15) is 31.9 Å². The molecule has 0 radical (unpaired) electrons. The number of amides is 1. The zero-order valence-corrected chi connectivity index (χ0v) is 11.0. The number of methoxy groups -OCH3 is 1. The van der Waals surface area contributed by atoms with E-state index in [1.54, 1.807) is 19.2 Å². The lowest BCUT2D eigenvalue weighted by atomic mass is 10.1. The van der Waals surface area contributed by atoms with Crippen molar-refractivity contribution in [2.24, 2.45) is 11.5 Å². The van der Waals surface area contributed by atoms with E-state index in [1.807, 2.05) is 19.9 Å². The fourth-order valence-corrected chi connectivity index (χ4v) is 1.56. The maximum atomic E-state index is 11.1. The highest BCUT2D eigenvalue weighted by atomic mass is 16.5. The molecule has 0 bridgehead atoms. The average molecular weight is 252 g/mol. The normalized spacial score (nSPS) is 13.8. The number of nitrogens with two attached hydrogens (primary N) is 2. The predicted molar refractivity (Wildman–Crippen MR) is 69.5 cm³/mol. The van der Waals surface area contributed by atoms with Crippen molar-refractivity contribution in [3.05, 3.63) is 23.8 Å². The van der Waals surface area contributed by atoms with Gasteiger partial charge < -0.3 is 20.9 Å². The topological polar surface area (TPSA) is 87.6 Å². The number of primary amides is 1. The van der Waals surface area contributed by atoms with Crippen LogP contribution in [0, 0.1) is 0 Å². The number of carbonyl (C=O) groups excluding carboxylic acids is 1. The van der Waals surface area contributed by atoms with E-state index in [4.69, 9.17) is 20.9 Å². The maximum Gasteiger partial charge on any atom is 0.258 e. The third kappa shape index (κ3) is 3.37. The fourth-order valence-electron chi connectivity index (χ4n) is 1.56. The van der Waals surface area contributed by atoms with Crippen molar-refractivity contribution >= 4 is 5.91 Å². The first-order valence-electron chi connectivity index (χ1n) is 5.89. The van der Waals surface area contributed by atoms with Gasteiger partial charge in [-0.05, 0) is 31.0 Å². The smallest absolute Gasteiger partial charge is 0.258 e. The minimum absolute atomic E-state index is 0.0916. The summed E-state index contributed by atoms with van der Waals surface area (Å²) in [4.78, 5) is 11.1. The van der Waals surface area contributed by atoms with Crippen molar-refractivity contribution < 1.29 is 14.3 Å². The zero-order valence-electron chi connectivity index (χ0n) is 11.0. The lowest BCUT2D eigenvalue weighted by molar-refractivity contribution is -0.124. The molecule has 0 spiro atoms. The highest BCUT2D eigenvalue weighted by Gasteiger charge is 2.17. The average Bonchev–Trinajstić information content (AvgIpc) is 2.35. The van der Waals surface area contributed by atoms with Crippen LogP contribution in [0.5, 0.6) is 11.5 Å². The first kappa shape index (κ1) is 14.3. The molecule has 1 amide bonds. The quantitative estimate of drug-likeness (QED) is 0.800. The molecule has 5 heteroatoms. The maximum absolute atomic E-state index is 11.1. The summed E-state index contributed by atoms with van der Waals surface area (Å²) in [6, 6.07) is 5.29. The van der Waals surface area contributed by atoms with Gasteiger partial charge in [-0.25, -0.2) is 0 Å². The summed E-state index contributed by atoms with van der Waals surface area (Å²) < 4.78 is 10.8. The second kappa shape index (κ2) is 6.26. The van der Waals surface area contributed by atoms with E-state index < -0.39 is 12.0 Å². The summed E-state index contributed by atoms with van der Waals surface area (Å²) in [6.07, 6.45) is -0.145. The Hall–Kier alpha value is -1.75. The van der Waals surface area contributed by atoms with Gasteiger partial charge in [-0.15, -0.1) is 0 Å². The summed E-state index contributed by atoms with van der Waals surface area (Å²) in [5.41, 5.74) is 12.0. The molecule has 2 unspecified atom stereocenters. The third-order valence-electron chi connectivity index (χ3n) is 2.67. The Balaban J connectivity index is 2.98. The second-order valence-electron chi connectivity index (χ2n) is 4.12. The molecule has 0 heterocycles. The van der Waals surface area contributed by atoms with Crippen molar-refractivity contribution in [1.29, 1.82) is 0 Å². The Kier molecular flexibility index (Phi) is 4.97. The molecule has 0 aliphatic rings. The van der Waals surface area contributed by atoms with Crippen LogP contribution in [-0.2, 0) is 4.79 Å². The molecule has 1 aromatic rings. The van der Waals surface area contributed by atoms with E-state index in [0.29, 0.717) is 17.9 Å². The molecule has 0 saturated carbocycles. The first-order valence-corrected chi connectivity index (χ1v) is 5.89. The molecule has 1 rings (SSSR count). The second-order valence-corrected chi connectivity index (χ2v) is 4.12. The molecular weight excluding hydrogens is 232 g/mol. The SMILES string of the molecule is CCC(Oc1ccc(C(C)N)cc1OC)C(N)=O. The largest absolute Gasteiger partial charge is 0.493 e. The minimum atomic E-state index is -0.653. The lowest BCUT2D eigenvalue weighted by Gasteiger charge is -2.17. The van der Waals surface area contributed by atoms with Gasteiger partial charge in [0.1, 0.15) is 0 Å². The van der Waals surface area contributed by atoms with Crippen molar-refractivity contribution in [1.82, 2.24) is 0 Å². The standard InChI is InChI=1S/C13H20N2O3/c1-4-10(13(15)16)18-11-6-5-9(8(2)14)7-12(11)17-3/h5-8,10H,4,14H2,1-3H3,(H2,15,16). The third-order valence-corrected chi connectivity index (χ3v) is 2.67. The first-order chi connectivity index (χ1) is 8.49. The van der Waals surface area contributed by atoms with E-state index >= 15 is 0 Å². The monoisotopic (exact) mass is 252 g/mol. The fraction of sp³-hybridized carbons (Fsp3) is 0.462. The van der Waals surface area contributed by atoms with Crippen molar-refractivity contribution in [2.75, 3.05) is 7.11 Å². The molecule has 100 valence electrons. The van der Waals surface area contributed by atoms with E-state index in [1.165, 1.54) is 0 Å². The molecule has 0 saturated heterocycles. The Labute approximate surface area is 107 Å². The summed E-state index contributed by atoms with van der Waals surface area (Å²) in [5.74, 6) is 0.549. The van der Waals surface area contributed by atoms with Crippen LogP contribution in [0.25, 0.3) is 0 Å². The van der Waals surface area contributed by atoms with Gasteiger partial charge in [0.25, 0.3) is 5.91 Å². The van der Waals surface area contributed by atoms with Gasteiger partial charge in [0, 0.05) is 6.04 Å². The molecule has 0 aliphatic carbocycles. The van der Waals surface area contributed by atoms with Gasteiger partial charge >= 0.3 is 0 Å². The molecule has 0 aliphatic heterocycles. The van der Waals surface area contributed by atoms with Gasteiger partial charge in [-0.1, -0.05) is 13.0 Å². The summed E-state index contributed by atoms with van der Waals surface area (Å²) >= 11 is 0. The minimum Gasteiger partial charge on any atom is -0.493 e. The molecule has 5 nitrogen and oxygen atoms in total. The van der Waals surface area contributed by atoms with Crippen LogP contribution in [0.15, 0.2) is 18.2 Å². The Bertz CT molecular complexity index is 419. The van der Waals surface area contributed by atoms with Gasteiger partial charge in [0.05, 0.1) is 7.11 Å². The Morgan fingerprint density at radius 2 is 2.06 bits per heavy atom. The van der Waals surface area contributed by atoms with Crippen LogP contribution in [0.3, 0.4) is 0 Å². The molecular formula is C13H20N2O3. The predicted octanol–water partition coefficient (Wildman–Crippen LogP) is 1.36. The number of benzene rings is 1. The van der Waals surface area contributed by atoms with Gasteiger partial charge in [0.2, 0.25) is 0 Å². The zero-order chi connectivity index (χ0) is 13.7. The molecule has 0 fully saturated rings. The van der Waals surface area contributed by atoms with Crippen molar-refractivity contribution in [2.45, 2.75) is 32.4 Å². The molecule has 2 atom stereocenters. The molecule has 18 heavy (non-hydrogen) atoms. The Morgan fingerprint density at radius 3 is 2.50 bits per heavy atom. The van der Waals surface area contributed by atoms with Gasteiger partial charge in [-0.3, -0.25) is 4.79 Å². The van der Waals surface area contributed by atoms with Crippen LogP contribution >= 0.6 is 0 Å². The highest BCUT2D eigenvalue weighted by Crippen LogP contribution is 2.30.